The summed E-state index contributed by atoms with van der Waals surface area (Å²) < 4.78 is 23.8. The van der Waals surface area contributed by atoms with E-state index in [1.54, 1.807) is 0 Å². The van der Waals surface area contributed by atoms with Crippen LogP contribution in [0, 0.1) is 0 Å². The van der Waals surface area contributed by atoms with Crippen LogP contribution in [0.1, 0.15) is 277 Å². The van der Waals surface area contributed by atoms with Crippen molar-refractivity contribution in [1.29, 1.82) is 0 Å². The van der Waals surface area contributed by atoms with E-state index in [1.807, 2.05) is 21.1 Å². The standard InChI is InChI=1S/C72H127N2O6P/c1-6-8-10-12-14-16-18-20-22-24-26-28-30-32-34-35-36-37-38-39-40-42-44-46-48-50-52-54-56-58-60-62-64-66-72(76)73-70(69-80-81(77,78)79-68-67-74(3,4)5)71(75)65-63-61-59-57-55-53-51-49-47-45-43-41-33-31-29-27-25-23-21-19-17-15-13-11-9-7-2/h8,10,14,16,20,22,26,28,32,34,36-37,39-40,44,46,50,52,56,58,70-71,75H,6-7,9,11-13,15,17-19,21,23-25,27,29-31,33,35,38,41-43,45,47-49,51,53-55,57,59-69H2,1-5H3,(H-,73,76,77,78)/p+1/b10-8-,16-14-,22-20-,28-26-,34-32-,37-36-,40-39-,46-44-,52-50-,58-56-. The summed E-state index contributed by atoms with van der Waals surface area (Å²) in [5.41, 5.74) is 0. The fourth-order valence-electron chi connectivity index (χ4n) is 9.31. The molecule has 0 aromatic rings. The van der Waals surface area contributed by atoms with Gasteiger partial charge in [0.15, 0.2) is 0 Å². The molecule has 0 saturated carbocycles. The molecule has 0 aliphatic heterocycles. The Bertz CT molecular complexity index is 1730. The minimum atomic E-state index is -4.35. The molecule has 0 spiro atoms. The number of carbonyl (C=O) groups excluding carboxylic acids is 1. The van der Waals surface area contributed by atoms with Gasteiger partial charge >= 0.3 is 7.82 Å². The van der Waals surface area contributed by atoms with Crippen molar-refractivity contribution in [2.24, 2.45) is 0 Å². The van der Waals surface area contributed by atoms with E-state index >= 15 is 0 Å². The predicted octanol–water partition coefficient (Wildman–Crippen LogP) is 21.3. The first-order valence-electron chi connectivity index (χ1n) is 33.4. The first kappa shape index (κ1) is 77.9. The Morgan fingerprint density at radius 2 is 0.741 bits per heavy atom. The lowest BCUT2D eigenvalue weighted by atomic mass is 10.0. The van der Waals surface area contributed by atoms with E-state index in [-0.39, 0.29) is 19.1 Å². The number of aliphatic hydroxyl groups is 1. The van der Waals surface area contributed by atoms with Crippen molar-refractivity contribution in [3.8, 4) is 0 Å². The third-order valence-electron chi connectivity index (χ3n) is 14.5. The molecule has 0 bridgehead atoms. The minimum Gasteiger partial charge on any atom is -0.391 e. The second-order valence-electron chi connectivity index (χ2n) is 23.5. The molecule has 0 aliphatic rings. The number of phosphoric acid groups is 1. The molecule has 0 radical (unpaired) electrons. The summed E-state index contributed by atoms with van der Waals surface area (Å²) in [6.45, 7) is 4.76. The summed E-state index contributed by atoms with van der Waals surface area (Å²) in [4.78, 5) is 23.4. The second kappa shape index (κ2) is 61.5. The van der Waals surface area contributed by atoms with Gasteiger partial charge in [0.2, 0.25) is 5.91 Å². The molecule has 81 heavy (non-hydrogen) atoms. The molecule has 1 amide bonds. The van der Waals surface area contributed by atoms with Crippen molar-refractivity contribution in [2.45, 2.75) is 289 Å². The molecule has 0 aromatic carbocycles. The summed E-state index contributed by atoms with van der Waals surface area (Å²) in [5, 5.41) is 14.1. The summed E-state index contributed by atoms with van der Waals surface area (Å²) >= 11 is 0. The Kier molecular flexibility index (Phi) is 59.1. The van der Waals surface area contributed by atoms with E-state index in [1.165, 1.54) is 148 Å². The zero-order valence-electron chi connectivity index (χ0n) is 53.2. The summed E-state index contributed by atoms with van der Waals surface area (Å²) in [6, 6.07) is -0.795. The highest BCUT2D eigenvalue weighted by atomic mass is 31.2. The quantitative estimate of drug-likeness (QED) is 0.0243. The van der Waals surface area contributed by atoms with E-state index in [0.29, 0.717) is 30.3 Å². The Morgan fingerprint density at radius 1 is 0.432 bits per heavy atom. The maximum Gasteiger partial charge on any atom is 0.472 e. The van der Waals surface area contributed by atoms with Crippen LogP contribution < -0.4 is 5.32 Å². The molecule has 3 atom stereocenters. The molecule has 0 heterocycles. The number of allylic oxidation sites excluding steroid dienone is 20. The molecule has 0 rings (SSSR count). The van der Waals surface area contributed by atoms with Crippen LogP contribution in [0.4, 0.5) is 0 Å². The average molecular weight is 1150 g/mol. The zero-order chi connectivity index (χ0) is 59.1. The second-order valence-corrected chi connectivity index (χ2v) is 24.9. The highest BCUT2D eigenvalue weighted by molar-refractivity contribution is 7.47. The largest absolute Gasteiger partial charge is 0.472 e. The number of carbonyl (C=O) groups is 1. The maximum atomic E-state index is 13.0. The Morgan fingerprint density at radius 3 is 1.06 bits per heavy atom. The molecular formula is C72H128N2O6P+. The van der Waals surface area contributed by atoms with Gasteiger partial charge in [-0.2, -0.15) is 0 Å². The number of likely N-dealkylation sites (N-methyl/N-ethyl adjacent to an activating group) is 1. The third kappa shape index (κ3) is 64.3. The lowest BCUT2D eigenvalue weighted by Gasteiger charge is -2.26. The van der Waals surface area contributed by atoms with Crippen molar-refractivity contribution in [3.05, 3.63) is 122 Å². The molecule has 9 heteroatoms. The van der Waals surface area contributed by atoms with Crippen molar-refractivity contribution in [3.63, 3.8) is 0 Å². The van der Waals surface area contributed by atoms with Crippen molar-refractivity contribution < 1.29 is 32.9 Å². The fourth-order valence-corrected chi connectivity index (χ4v) is 10.0. The van der Waals surface area contributed by atoms with Gasteiger partial charge in [-0.15, -0.1) is 0 Å². The van der Waals surface area contributed by atoms with Gasteiger partial charge in [0.1, 0.15) is 13.2 Å². The minimum absolute atomic E-state index is 0.0598. The van der Waals surface area contributed by atoms with Crippen LogP contribution in [-0.4, -0.2) is 73.4 Å². The van der Waals surface area contributed by atoms with Gasteiger partial charge in [0, 0.05) is 6.42 Å². The van der Waals surface area contributed by atoms with Gasteiger partial charge in [-0.1, -0.05) is 302 Å². The molecule has 0 fully saturated rings. The van der Waals surface area contributed by atoms with Crippen LogP contribution in [0.25, 0.3) is 0 Å². The van der Waals surface area contributed by atoms with E-state index in [9.17, 15) is 19.4 Å². The number of rotatable bonds is 60. The number of aliphatic hydroxyl groups excluding tert-OH is 1. The van der Waals surface area contributed by atoms with E-state index in [2.05, 4.69) is 141 Å². The van der Waals surface area contributed by atoms with Gasteiger partial charge in [-0.05, 0) is 89.9 Å². The van der Waals surface area contributed by atoms with E-state index < -0.39 is 20.0 Å². The molecule has 0 saturated heterocycles. The zero-order valence-corrected chi connectivity index (χ0v) is 54.1. The number of amides is 1. The number of unbranched alkanes of at least 4 members (excludes halogenated alkanes) is 27. The SMILES string of the molecule is CC/C=C\C/C=C\C/C=C\C/C=C\C/C=C\C/C=C\C/C=C\C/C=C\C/C=C\C/C=C\CCCCC(=O)NC(COP(=O)(O)OCC[N+](C)(C)C)C(O)CCCCCCCCCCCCCCCCCCCCCCCCCCCC. The average Bonchev–Trinajstić information content (AvgIpc) is 3.43. The maximum absolute atomic E-state index is 13.0. The summed E-state index contributed by atoms with van der Waals surface area (Å²) in [5.74, 6) is -0.188. The number of nitrogens with zero attached hydrogens (tertiary/aromatic N) is 1. The number of hydrogen-bond donors (Lipinski definition) is 3. The number of nitrogens with one attached hydrogen (secondary N) is 1. The molecule has 8 nitrogen and oxygen atoms in total. The first-order chi connectivity index (χ1) is 39.5. The molecule has 3 N–H and O–H groups in total. The van der Waals surface area contributed by atoms with Crippen molar-refractivity contribution >= 4 is 13.7 Å². The Labute approximate surface area is 501 Å². The smallest absolute Gasteiger partial charge is 0.391 e. The van der Waals surface area contributed by atoms with Crippen molar-refractivity contribution in [2.75, 3.05) is 40.9 Å². The molecule has 3 unspecified atom stereocenters. The van der Waals surface area contributed by atoms with Crippen LogP contribution in [-0.2, 0) is 18.4 Å². The van der Waals surface area contributed by atoms with Crippen LogP contribution >= 0.6 is 7.82 Å². The first-order valence-corrected chi connectivity index (χ1v) is 34.9. The van der Waals surface area contributed by atoms with Crippen molar-refractivity contribution in [1.82, 2.24) is 5.32 Å². The van der Waals surface area contributed by atoms with Crippen LogP contribution in [0.2, 0.25) is 0 Å². The van der Waals surface area contributed by atoms with Gasteiger partial charge in [0.25, 0.3) is 0 Å². The normalized spacial score (nSPS) is 14.5. The van der Waals surface area contributed by atoms with Gasteiger partial charge in [-0.3, -0.25) is 13.8 Å². The lowest BCUT2D eigenvalue weighted by Crippen LogP contribution is -2.46. The van der Waals surface area contributed by atoms with E-state index in [0.717, 1.165) is 96.3 Å². The lowest BCUT2D eigenvalue weighted by molar-refractivity contribution is -0.870. The molecule has 0 aromatic heterocycles. The molecule has 466 valence electrons. The van der Waals surface area contributed by atoms with Crippen LogP contribution in [0.15, 0.2) is 122 Å². The molecular weight excluding hydrogens is 1020 g/mol. The van der Waals surface area contributed by atoms with Gasteiger partial charge < -0.3 is 19.8 Å². The summed E-state index contributed by atoms with van der Waals surface area (Å²) in [6.07, 6.45) is 91.4. The number of hydrogen-bond acceptors (Lipinski definition) is 5. The fraction of sp³-hybridized carbons (Fsp3) is 0.708. The number of phosphoric ester groups is 1. The topological polar surface area (TPSA) is 105 Å². The third-order valence-corrected chi connectivity index (χ3v) is 15.5. The van der Waals surface area contributed by atoms with Crippen LogP contribution in [0.3, 0.4) is 0 Å². The Balaban J connectivity index is 4.23. The Hall–Kier alpha value is -3.10. The monoisotopic (exact) mass is 1150 g/mol. The predicted molar refractivity (Wildman–Crippen MR) is 355 cm³/mol. The highest BCUT2D eigenvalue weighted by Crippen LogP contribution is 2.43. The van der Waals surface area contributed by atoms with E-state index in [4.69, 9.17) is 9.05 Å². The van der Waals surface area contributed by atoms with Gasteiger partial charge in [0.05, 0.1) is 39.9 Å². The summed E-state index contributed by atoms with van der Waals surface area (Å²) in [7, 11) is 1.57. The number of quaternary nitrogens is 1. The van der Waals surface area contributed by atoms with Gasteiger partial charge in [-0.25, -0.2) is 4.57 Å². The highest BCUT2D eigenvalue weighted by Gasteiger charge is 2.28. The molecule has 0 aliphatic carbocycles. The van der Waals surface area contributed by atoms with Crippen LogP contribution in [0.5, 0.6) is 0 Å².